The maximum absolute atomic E-state index is 11.9. The summed E-state index contributed by atoms with van der Waals surface area (Å²) in [6.07, 6.45) is 2.21. The summed E-state index contributed by atoms with van der Waals surface area (Å²) in [5.74, 6) is 1.44. The third-order valence-electron chi connectivity index (χ3n) is 3.29. The summed E-state index contributed by atoms with van der Waals surface area (Å²) >= 11 is 1.55. The fraction of sp³-hybridized carbons (Fsp3) is 0.429. The van der Waals surface area contributed by atoms with E-state index in [2.05, 4.69) is 20.8 Å². The molecule has 1 aliphatic rings. The number of nitrogens with one attached hydrogen (secondary N) is 1. The zero-order valence-electron chi connectivity index (χ0n) is 11.8. The minimum Gasteiger partial charge on any atom is -0.352 e. The average Bonchev–Trinajstić information content (AvgIpc) is 3.20. The number of carbonyl (C=O) groups is 1. The van der Waals surface area contributed by atoms with Crippen LogP contribution < -0.4 is 5.32 Å². The van der Waals surface area contributed by atoms with Crippen molar-refractivity contribution in [2.24, 2.45) is 0 Å². The zero-order valence-corrected chi connectivity index (χ0v) is 12.6. The van der Waals surface area contributed by atoms with E-state index in [4.69, 9.17) is 0 Å². The van der Waals surface area contributed by atoms with Gasteiger partial charge in [-0.3, -0.25) is 4.79 Å². The monoisotopic (exact) mass is 303 g/mol. The normalized spacial score (nSPS) is 15.7. The Hall–Kier alpha value is -1.89. The molecule has 0 aliphatic heterocycles. The highest BCUT2D eigenvalue weighted by atomic mass is 32.2. The molecular formula is C14H17N5OS. The van der Waals surface area contributed by atoms with Crippen molar-refractivity contribution in [2.45, 2.75) is 36.8 Å². The highest BCUT2D eigenvalue weighted by molar-refractivity contribution is 7.99. The number of rotatable bonds is 6. The van der Waals surface area contributed by atoms with Crippen molar-refractivity contribution < 1.29 is 4.79 Å². The number of thioether (sulfide) groups is 1. The maximum Gasteiger partial charge on any atom is 0.233 e. The Morgan fingerprint density at radius 1 is 1.43 bits per heavy atom. The van der Waals surface area contributed by atoms with Gasteiger partial charge in [0.15, 0.2) is 5.82 Å². The molecule has 1 aromatic heterocycles. The van der Waals surface area contributed by atoms with Crippen molar-refractivity contribution in [3.63, 3.8) is 0 Å². The molecule has 1 amide bonds. The number of hydrogen-bond donors (Lipinski definition) is 1. The second-order valence-electron chi connectivity index (χ2n) is 5.08. The number of carbonyl (C=O) groups excluding carboxylic acids is 1. The number of tetrazole rings is 1. The van der Waals surface area contributed by atoms with Crippen LogP contribution in [0.2, 0.25) is 0 Å². The minimum atomic E-state index is -0.105. The largest absolute Gasteiger partial charge is 0.352 e. The van der Waals surface area contributed by atoms with Crippen LogP contribution in [0.4, 0.5) is 0 Å². The fourth-order valence-corrected chi connectivity index (χ4v) is 2.69. The zero-order chi connectivity index (χ0) is 14.7. The van der Waals surface area contributed by atoms with E-state index >= 15 is 0 Å². The molecule has 110 valence electrons. The van der Waals surface area contributed by atoms with Gasteiger partial charge in [0.2, 0.25) is 5.91 Å². The molecule has 1 unspecified atom stereocenters. The lowest BCUT2D eigenvalue weighted by molar-refractivity contribution is -0.120. The molecule has 1 saturated carbocycles. The van der Waals surface area contributed by atoms with Crippen molar-refractivity contribution in [2.75, 3.05) is 0 Å². The van der Waals surface area contributed by atoms with Crippen LogP contribution in [0.5, 0.6) is 0 Å². The van der Waals surface area contributed by atoms with Gasteiger partial charge in [-0.25, -0.2) is 0 Å². The number of aromatic nitrogens is 4. The van der Waals surface area contributed by atoms with Gasteiger partial charge in [0.25, 0.3) is 0 Å². The molecule has 0 saturated heterocycles. The van der Waals surface area contributed by atoms with Gasteiger partial charge in [-0.05, 0) is 42.3 Å². The van der Waals surface area contributed by atoms with Gasteiger partial charge in [0.05, 0.1) is 16.7 Å². The summed E-state index contributed by atoms with van der Waals surface area (Å²) in [5.41, 5.74) is 0.924. The van der Waals surface area contributed by atoms with E-state index in [0.717, 1.165) is 24.4 Å². The predicted molar refractivity (Wildman–Crippen MR) is 81.1 cm³/mol. The Bertz CT molecular complexity index is 611. The van der Waals surface area contributed by atoms with E-state index in [9.17, 15) is 4.79 Å². The SMILES string of the molecule is CC(SCc1nnnn1-c1ccccc1)C(=O)NC1CC1. The van der Waals surface area contributed by atoms with Crippen LogP contribution in [0.15, 0.2) is 30.3 Å². The molecule has 7 heteroatoms. The Kier molecular flexibility index (Phi) is 4.19. The first kappa shape index (κ1) is 14.1. The fourth-order valence-electron chi connectivity index (χ4n) is 1.89. The van der Waals surface area contributed by atoms with Crippen LogP contribution in [0.25, 0.3) is 5.69 Å². The predicted octanol–water partition coefficient (Wildman–Crippen LogP) is 1.56. The molecule has 1 heterocycles. The van der Waals surface area contributed by atoms with Crippen LogP contribution in [0.3, 0.4) is 0 Å². The topological polar surface area (TPSA) is 72.7 Å². The molecule has 3 rings (SSSR count). The minimum absolute atomic E-state index is 0.0984. The van der Waals surface area contributed by atoms with E-state index in [0.29, 0.717) is 11.8 Å². The molecule has 2 aromatic rings. The van der Waals surface area contributed by atoms with Crippen molar-refractivity contribution in [1.29, 1.82) is 0 Å². The van der Waals surface area contributed by atoms with E-state index in [1.807, 2.05) is 37.3 Å². The number of amides is 1. The Balaban J connectivity index is 1.60. The smallest absolute Gasteiger partial charge is 0.233 e. The first-order valence-corrected chi connectivity index (χ1v) is 8.03. The Morgan fingerprint density at radius 3 is 2.90 bits per heavy atom. The Labute approximate surface area is 127 Å². The third-order valence-corrected chi connectivity index (χ3v) is 4.43. The van der Waals surface area contributed by atoms with Crippen LogP contribution in [0, 0.1) is 0 Å². The highest BCUT2D eigenvalue weighted by Crippen LogP contribution is 2.22. The van der Waals surface area contributed by atoms with Crippen molar-refractivity contribution >= 4 is 17.7 Å². The lowest BCUT2D eigenvalue weighted by Gasteiger charge is -2.11. The van der Waals surface area contributed by atoms with Gasteiger partial charge in [0, 0.05) is 6.04 Å². The van der Waals surface area contributed by atoms with Crippen molar-refractivity contribution in [1.82, 2.24) is 25.5 Å². The molecule has 1 aromatic carbocycles. The van der Waals surface area contributed by atoms with Crippen molar-refractivity contribution in [3.8, 4) is 5.69 Å². The van der Waals surface area contributed by atoms with Crippen LogP contribution in [-0.2, 0) is 10.5 Å². The standard InChI is InChI=1S/C14H17N5OS/c1-10(14(20)15-11-7-8-11)21-9-13-16-17-18-19(13)12-5-3-2-4-6-12/h2-6,10-11H,7-9H2,1H3,(H,15,20). The second kappa shape index (κ2) is 6.26. The first-order valence-electron chi connectivity index (χ1n) is 6.98. The van der Waals surface area contributed by atoms with Gasteiger partial charge in [0.1, 0.15) is 0 Å². The summed E-state index contributed by atoms with van der Waals surface area (Å²) in [4.78, 5) is 11.9. The van der Waals surface area contributed by atoms with Crippen molar-refractivity contribution in [3.05, 3.63) is 36.2 Å². The van der Waals surface area contributed by atoms with Crippen LogP contribution >= 0.6 is 11.8 Å². The molecule has 1 N–H and O–H groups in total. The van der Waals surface area contributed by atoms with Gasteiger partial charge >= 0.3 is 0 Å². The third kappa shape index (κ3) is 3.60. The number of hydrogen-bond acceptors (Lipinski definition) is 5. The summed E-state index contributed by atoms with van der Waals surface area (Å²) < 4.78 is 1.71. The summed E-state index contributed by atoms with van der Waals surface area (Å²) in [5, 5.41) is 14.7. The van der Waals surface area contributed by atoms with Gasteiger partial charge < -0.3 is 5.32 Å². The average molecular weight is 303 g/mol. The molecule has 1 atom stereocenters. The molecule has 1 fully saturated rings. The lowest BCUT2D eigenvalue weighted by atomic mass is 10.3. The summed E-state index contributed by atoms with van der Waals surface area (Å²) in [7, 11) is 0. The van der Waals surface area contributed by atoms with E-state index in [1.165, 1.54) is 0 Å². The molecule has 6 nitrogen and oxygen atoms in total. The second-order valence-corrected chi connectivity index (χ2v) is 6.41. The number of para-hydroxylation sites is 1. The van der Waals surface area contributed by atoms with Crippen LogP contribution in [0.1, 0.15) is 25.6 Å². The quantitative estimate of drug-likeness (QED) is 0.877. The summed E-state index contributed by atoms with van der Waals surface area (Å²) in [6, 6.07) is 10.1. The van der Waals surface area contributed by atoms with E-state index < -0.39 is 0 Å². The first-order chi connectivity index (χ1) is 10.2. The molecule has 0 radical (unpaired) electrons. The molecule has 0 spiro atoms. The molecule has 21 heavy (non-hydrogen) atoms. The van der Waals surface area contributed by atoms with Gasteiger partial charge in [-0.1, -0.05) is 18.2 Å². The number of benzene rings is 1. The van der Waals surface area contributed by atoms with Crippen LogP contribution in [-0.4, -0.2) is 37.4 Å². The molecular weight excluding hydrogens is 286 g/mol. The molecule has 0 bridgehead atoms. The van der Waals surface area contributed by atoms with Gasteiger partial charge in [-0.15, -0.1) is 16.9 Å². The number of nitrogens with zero attached hydrogens (tertiary/aromatic N) is 4. The van der Waals surface area contributed by atoms with E-state index in [-0.39, 0.29) is 11.2 Å². The molecule has 1 aliphatic carbocycles. The maximum atomic E-state index is 11.9. The van der Waals surface area contributed by atoms with E-state index in [1.54, 1.807) is 16.4 Å². The highest BCUT2D eigenvalue weighted by Gasteiger charge is 2.26. The van der Waals surface area contributed by atoms with Gasteiger partial charge in [-0.2, -0.15) is 4.68 Å². The summed E-state index contributed by atoms with van der Waals surface area (Å²) in [6.45, 7) is 1.92. The lowest BCUT2D eigenvalue weighted by Crippen LogP contribution is -2.32. The Morgan fingerprint density at radius 2 is 2.19 bits per heavy atom.